The van der Waals surface area contributed by atoms with E-state index < -0.39 is 17.6 Å². The van der Waals surface area contributed by atoms with Gasteiger partial charge in [-0.15, -0.1) is 0 Å². The second-order valence-corrected chi connectivity index (χ2v) is 6.32. The number of aliphatic imine (C=N–C) groups is 1. The lowest BCUT2D eigenvalue weighted by Gasteiger charge is -2.28. The number of hydrogen-bond acceptors (Lipinski definition) is 6. The van der Waals surface area contributed by atoms with Crippen LogP contribution in [0.1, 0.15) is 37.6 Å². The van der Waals surface area contributed by atoms with E-state index >= 15 is 0 Å². The first-order valence-electron chi connectivity index (χ1n) is 7.66. The summed E-state index contributed by atoms with van der Waals surface area (Å²) in [6.45, 7) is 5.16. The van der Waals surface area contributed by atoms with E-state index in [-0.39, 0.29) is 17.6 Å². The Balaban J connectivity index is 2.41. The van der Waals surface area contributed by atoms with Gasteiger partial charge < -0.3 is 9.47 Å². The highest BCUT2D eigenvalue weighted by atomic mass is 19.1. The smallest absolute Gasteiger partial charge is 0.420 e. The standard InChI is InChI=1S/C17H20FN3O4/c1-17(2,3)25-16(23)21(12-6-8-14(24-4)19-9-12)13-7-5-11(10-22)15(18)20-13/h5-7,9-10,14H,8H2,1-4H3. The number of carbonyl (C=O) groups excluding carboxylic acids is 2. The fraction of sp³-hybridized carbons (Fsp3) is 0.412. The SMILES string of the molecule is COC1CC=C(N(C(=O)OC(C)(C)C)c2ccc(C=O)c(F)n2)C=N1. The van der Waals surface area contributed by atoms with Crippen LogP contribution < -0.4 is 4.90 Å². The van der Waals surface area contributed by atoms with Crippen molar-refractivity contribution < 1.29 is 23.5 Å². The number of nitrogens with zero attached hydrogens (tertiary/aromatic N) is 3. The predicted octanol–water partition coefficient (Wildman–Crippen LogP) is 3.11. The van der Waals surface area contributed by atoms with Crippen LogP contribution in [-0.2, 0) is 9.47 Å². The number of anilines is 1. The zero-order valence-corrected chi connectivity index (χ0v) is 14.5. The molecular formula is C17H20FN3O4. The largest absolute Gasteiger partial charge is 0.443 e. The van der Waals surface area contributed by atoms with Gasteiger partial charge in [0.2, 0.25) is 5.95 Å². The third-order valence-electron chi connectivity index (χ3n) is 3.23. The van der Waals surface area contributed by atoms with Crippen molar-refractivity contribution in [1.82, 2.24) is 4.98 Å². The molecule has 0 saturated heterocycles. The van der Waals surface area contributed by atoms with E-state index in [1.165, 1.54) is 25.5 Å². The molecule has 1 aliphatic rings. The van der Waals surface area contributed by atoms with Gasteiger partial charge in [-0.3, -0.25) is 9.79 Å². The van der Waals surface area contributed by atoms with Crippen LogP contribution >= 0.6 is 0 Å². The minimum atomic E-state index is -0.968. The molecule has 134 valence electrons. The molecule has 0 saturated carbocycles. The average molecular weight is 349 g/mol. The highest BCUT2D eigenvalue weighted by Crippen LogP contribution is 2.23. The number of halogens is 1. The van der Waals surface area contributed by atoms with Crippen molar-refractivity contribution in [1.29, 1.82) is 0 Å². The second kappa shape index (κ2) is 7.52. The summed E-state index contributed by atoms with van der Waals surface area (Å²) in [6, 6.07) is 2.62. The van der Waals surface area contributed by atoms with Crippen LogP contribution in [0.3, 0.4) is 0 Å². The van der Waals surface area contributed by atoms with Crippen molar-refractivity contribution in [3.63, 3.8) is 0 Å². The lowest BCUT2D eigenvalue weighted by Crippen LogP contribution is -2.38. The van der Waals surface area contributed by atoms with Crippen LogP contribution in [0.15, 0.2) is 28.9 Å². The van der Waals surface area contributed by atoms with Crippen LogP contribution in [-0.4, -0.2) is 42.5 Å². The summed E-state index contributed by atoms with van der Waals surface area (Å²) in [4.78, 5) is 32.4. The number of allylic oxidation sites excluding steroid dienone is 1. The summed E-state index contributed by atoms with van der Waals surface area (Å²) < 4.78 is 24.4. The van der Waals surface area contributed by atoms with Crippen LogP contribution in [0.4, 0.5) is 15.0 Å². The molecule has 0 radical (unpaired) electrons. The molecule has 0 fully saturated rings. The molecular weight excluding hydrogens is 329 g/mol. The number of aromatic nitrogens is 1. The maximum atomic E-state index is 13.9. The highest BCUT2D eigenvalue weighted by Gasteiger charge is 2.28. The highest BCUT2D eigenvalue weighted by molar-refractivity contribution is 6.00. The summed E-state index contributed by atoms with van der Waals surface area (Å²) in [6.07, 6.45) is 2.89. The number of methoxy groups -OCH3 is 1. The molecule has 2 heterocycles. The fourth-order valence-electron chi connectivity index (χ4n) is 2.09. The maximum absolute atomic E-state index is 13.9. The van der Waals surface area contributed by atoms with Gasteiger partial charge in [-0.2, -0.15) is 4.39 Å². The van der Waals surface area contributed by atoms with E-state index in [4.69, 9.17) is 9.47 Å². The molecule has 1 amide bonds. The third kappa shape index (κ3) is 4.69. The number of aldehydes is 1. The fourth-order valence-corrected chi connectivity index (χ4v) is 2.09. The summed E-state index contributed by atoms with van der Waals surface area (Å²) in [7, 11) is 1.53. The van der Waals surface area contributed by atoms with Crippen molar-refractivity contribution in [2.75, 3.05) is 12.0 Å². The Kier molecular flexibility index (Phi) is 5.63. The van der Waals surface area contributed by atoms with Gasteiger partial charge in [0.1, 0.15) is 11.4 Å². The number of hydrogen-bond donors (Lipinski definition) is 0. The van der Waals surface area contributed by atoms with Crippen LogP contribution in [0.2, 0.25) is 0 Å². The Labute approximate surface area is 145 Å². The Morgan fingerprint density at radius 1 is 1.40 bits per heavy atom. The van der Waals surface area contributed by atoms with Gasteiger partial charge in [0.05, 0.1) is 11.3 Å². The number of pyridine rings is 1. The molecule has 8 heteroatoms. The van der Waals surface area contributed by atoms with Gasteiger partial charge >= 0.3 is 6.09 Å². The molecule has 0 spiro atoms. The Morgan fingerprint density at radius 2 is 2.12 bits per heavy atom. The molecule has 2 rings (SSSR count). The van der Waals surface area contributed by atoms with Crippen molar-refractivity contribution >= 4 is 24.4 Å². The molecule has 1 aromatic heterocycles. The monoisotopic (exact) mass is 349 g/mol. The van der Waals surface area contributed by atoms with Crippen molar-refractivity contribution in [3.05, 3.63) is 35.4 Å². The number of carbonyl (C=O) groups is 2. The quantitative estimate of drug-likeness (QED) is 0.616. The average Bonchev–Trinajstić information content (AvgIpc) is 2.54. The molecule has 7 nitrogen and oxygen atoms in total. The van der Waals surface area contributed by atoms with E-state index in [0.717, 1.165) is 4.90 Å². The van der Waals surface area contributed by atoms with E-state index in [1.807, 2.05) is 0 Å². The Hall–Kier alpha value is -2.61. The molecule has 0 bridgehead atoms. The summed E-state index contributed by atoms with van der Waals surface area (Å²) in [5.41, 5.74) is -0.565. The molecule has 25 heavy (non-hydrogen) atoms. The molecule has 1 atom stereocenters. The summed E-state index contributed by atoms with van der Waals surface area (Å²) >= 11 is 0. The summed E-state index contributed by atoms with van der Waals surface area (Å²) in [5.74, 6) is -0.977. The van der Waals surface area contributed by atoms with E-state index in [1.54, 1.807) is 26.8 Å². The minimum absolute atomic E-state index is 0.00841. The van der Waals surface area contributed by atoms with Gasteiger partial charge in [-0.1, -0.05) is 6.08 Å². The number of dihydropyridines is 1. The Morgan fingerprint density at radius 3 is 2.60 bits per heavy atom. The lowest BCUT2D eigenvalue weighted by molar-refractivity contribution is 0.0592. The Bertz CT molecular complexity index is 725. The lowest BCUT2D eigenvalue weighted by atomic mass is 10.2. The first-order chi connectivity index (χ1) is 11.7. The molecule has 0 N–H and O–H groups in total. The molecule has 0 aliphatic carbocycles. The van der Waals surface area contributed by atoms with Gasteiger partial charge in [0.25, 0.3) is 0 Å². The second-order valence-electron chi connectivity index (χ2n) is 6.32. The summed E-state index contributed by atoms with van der Waals surface area (Å²) in [5, 5.41) is 0. The normalized spacial score (nSPS) is 17.0. The predicted molar refractivity (Wildman–Crippen MR) is 90.3 cm³/mol. The minimum Gasteiger partial charge on any atom is -0.443 e. The van der Waals surface area contributed by atoms with E-state index in [0.29, 0.717) is 18.4 Å². The molecule has 1 aliphatic heterocycles. The molecule has 0 aromatic carbocycles. The number of ether oxygens (including phenoxy) is 2. The molecule has 1 aromatic rings. The zero-order valence-electron chi connectivity index (χ0n) is 14.5. The van der Waals surface area contributed by atoms with Gasteiger partial charge in [-0.25, -0.2) is 14.7 Å². The number of rotatable bonds is 4. The zero-order chi connectivity index (χ0) is 18.6. The van der Waals surface area contributed by atoms with Crippen molar-refractivity contribution in [2.45, 2.75) is 39.0 Å². The van der Waals surface area contributed by atoms with E-state index in [2.05, 4.69) is 9.98 Å². The first-order valence-corrected chi connectivity index (χ1v) is 7.66. The van der Waals surface area contributed by atoms with Crippen molar-refractivity contribution in [2.24, 2.45) is 4.99 Å². The van der Waals surface area contributed by atoms with Crippen LogP contribution in [0, 0.1) is 5.95 Å². The van der Waals surface area contributed by atoms with Gasteiger partial charge in [-0.05, 0) is 32.9 Å². The van der Waals surface area contributed by atoms with Gasteiger partial charge in [0.15, 0.2) is 12.5 Å². The van der Waals surface area contributed by atoms with Crippen LogP contribution in [0.5, 0.6) is 0 Å². The van der Waals surface area contributed by atoms with Crippen LogP contribution in [0.25, 0.3) is 0 Å². The first kappa shape index (κ1) is 18.7. The number of amides is 1. The van der Waals surface area contributed by atoms with Crippen molar-refractivity contribution in [3.8, 4) is 0 Å². The topological polar surface area (TPSA) is 81.1 Å². The van der Waals surface area contributed by atoms with E-state index in [9.17, 15) is 14.0 Å². The van der Waals surface area contributed by atoms with Gasteiger partial charge in [0, 0.05) is 19.7 Å². The maximum Gasteiger partial charge on any atom is 0.420 e. The molecule has 1 unspecified atom stereocenters. The third-order valence-corrected chi connectivity index (χ3v) is 3.23.